The second-order valence-electron chi connectivity index (χ2n) is 6.40. The molecule has 1 aromatic carbocycles. The van der Waals surface area contributed by atoms with Crippen molar-refractivity contribution in [3.05, 3.63) is 35.5 Å². The Morgan fingerprint density at radius 2 is 2.26 bits per heavy atom. The summed E-state index contributed by atoms with van der Waals surface area (Å²) in [5.74, 6) is 1.39. The third-order valence-corrected chi connectivity index (χ3v) is 5.04. The summed E-state index contributed by atoms with van der Waals surface area (Å²) in [5, 5.41) is 7.65. The van der Waals surface area contributed by atoms with E-state index < -0.39 is 0 Å². The van der Waals surface area contributed by atoms with Gasteiger partial charge in [0.05, 0.1) is 12.8 Å². The van der Waals surface area contributed by atoms with Gasteiger partial charge in [0, 0.05) is 42.2 Å². The van der Waals surface area contributed by atoms with Crippen molar-refractivity contribution in [2.45, 2.75) is 32.2 Å². The lowest BCUT2D eigenvalue weighted by Crippen LogP contribution is -2.41. The van der Waals surface area contributed by atoms with Crippen molar-refractivity contribution in [1.82, 2.24) is 15.1 Å². The fraction of sp³-hybridized carbons (Fsp3) is 0.444. The fourth-order valence-corrected chi connectivity index (χ4v) is 3.41. The van der Waals surface area contributed by atoms with Crippen molar-refractivity contribution in [3.8, 4) is 17.0 Å². The molecule has 0 radical (unpaired) electrons. The van der Waals surface area contributed by atoms with Crippen LogP contribution in [0.2, 0.25) is 0 Å². The minimum atomic E-state index is 0.253. The topological polar surface area (TPSA) is 58.2 Å². The first kappa shape index (κ1) is 14.3. The largest absolute Gasteiger partial charge is 0.497 e. The van der Waals surface area contributed by atoms with Crippen LogP contribution in [0.4, 0.5) is 0 Å². The maximum Gasteiger partial charge on any atom is 0.225 e. The second-order valence-corrected chi connectivity index (χ2v) is 6.40. The van der Waals surface area contributed by atoms with Crippen LogP contribution in [0.1, 0.15) is 30.5 Å². The number of hydrogen-bond acceptors (Lipinski definition) is 3. The molecule has 1 aliphatic carbocycles. The average molecular weight is 311 g/mol. The van der Waals surface area contributed by atoms with Crippen molar-refractivity contribution < 1.29 is 9.53 Å². The Labute approximate surface area is 135 Å². The SMILES string of the molecule is COc1cccc(-c2n[nH]c3c2CN(C(=O)C2CCC2)CC3)c1. The molecule has 1 saturated carbocycles. The van der Waals surface area contributed by atoms with Crippen LogP contribution in [0.3, 0.4) is 0 Å². The van der Waals surface area contributed by atoms with Crippen molar-refractivity contribution in [2.24, 2.45) is 5.92 Å². The van der Waals surface area contributed by atoms with Crippen LogP contribution in [-0.4, -0.2) is 34.7 Å². The van der Waals surface area contributed by atoms with E-state index in [1.54, 1.807) is 7.11 Å². The zero-order chi connectivity index (χ0) is 15.8. The number of hydrogen-bond donors (Lipinski definition) is 1. The molecule has 1 amide bonds. The number of H-pyrrole nitrogens is 1. The third kappa shape index (κ3) is 2.50. The van der Waals surface area contributed by atoms with Gasteiger partial charge in [-0.3, -0.25) is 9.89 Å². The molecule has 0 saturated heterocycles. The molecule has 0 bridgehead atoms. The Bertz CT molecular complexity index is 734. The van der Waals surface area contributed by atoms with Crippen LogP contribution in [0.25, 0.3) is 11.3 Å². The quantitative estimate of drug-likeness (QED) is 0.948. The molecule has 1 aromatic heterocycles. The number of fused-ring (bicyclic) bond motifs is 1. The van der Waals surface area contributed by atoms with Gasteiger partial charge in [0.1, 0.15) is 5.75 Å². The molecule has 120 valence electrons. The Kier molecular flexibility index (Phi) is 3.56. The van der Waals surface area contributed by atoms with Crippen molar-refractivity contribution >= 4 is 5.91 Å². The minimum absolute atomic E-state index is 0.253. The highest BCUT2D eigenvalue weighted by molar-refractivity contribution is 5.80. The number of nitrogens with one attached hydrogen (secondary N) is 1. The van der Waals surface area contributed by atoms with Crippen LogP contribution < -0.4 is 4.74 Å². The number of methoxy groups -OCH3 is 1. The third-order valence-electron chi connectivity index (χ3n) is 5.04. The second kappa shape index (κ2) is 5.72. The number of amides is 1. The lowest BCUT2D eigenvalue weighted by Gasteiger charge is -2.34. The van der Waals surface area contributed by atoms with Gasteiger partial charge >= 0.3 is 0 Å². The molecule has 0 spiro atoms. The monoisotopic (exact) mass is 311 g/mol. The molecule has 5 heteroatoms. The molecule has 4 rings (SSSR count). The van der Waals surface area contributed by atoms with Crippen molar-refractivity contribution in [1.29, 1.82) is 0 Å². The van der Waals surface area contributed by atoms with Crippen LogP contribution >= 0.6 is 0 Å². The van der Waals surface area contributed by atoms with E-state index in [-0.39, 0.29) is 5.92 Å². The van der Waals surface area contributed by atoms with Crippen LogP contribution in [0.15, 0.2) is 24.3 Å². The molecule has 2 heterocycles. The normalized spacial score (nSPS) is 17.5. The molecule has 0 atom stereocenters. The van der Waals surface area contributed by atoms with Crippen LogP contribution in [0.5, 0.6) is 5.75 Å². The van der Waals surface area contributed by atoms with Crippen LogP contribution in [-0.2, 0) is 17.8 Å². The Hall–Kier alpha value is -2.30. The molecule has 5 nitrogen and oxygen atoms in total. The molecule has 23 heavy (non-hydrogen) atoms. The lowest BCUT2D eigenvalue weighted by molar-refractivity contribution is -0.139. The standard InChI is InChI=1S/C18H21N3O2/c1-23-14-7-3-6-13(10-14)17-15-11-21(9-8-16(15)19-20-17)18(22)12-4-2-5-12/h3,6-7,10,12H,2,4-5,8-9,11H2,1H3,(H,19,20). The highest BCUT2D eigenvalue weighted by atomic mass is 16.5. The van der Waals surface area contributed by atoms with E-state index in [9.17, 15) is 4.79 Å². The molecule has 2 aromatic rings. The van der Waals surface area contributed by atoms with E-state index in [1.165, 1.54) is 6.42 Å². The number of benzene rings is 1. The molecule has 1 aliphatic heterocycles. The number of rotatable bonds is 3. The Morgan fingerprint density at radius 1 is 1.39 bits per heavy atom. The molecular weight excluding hydrogens is 290 g/mol. The summed E-state index contributed by atoms with van der Waals surface area (Å²) in [6.45, 7) is 1.45. The first-order chi connectivity index (χ1) is 11.3. The van der Waals surface area contributed by atoms with E-state index in [1.807, 2.05) is 29.2 Å². The maximum absolute atomic E-state index is 12.5. The van der Waals surface area contributed by atoms with E-state index >= 15 is 0 Å². The molecule has 1 fully saturated rings. The van der Waals surface area contributed by atoms with Gasteiger partial charge in [0.2, 0.25) is 5.91 Å². The highest BCUT2D eigenvalue weighted by Crippen LogP contribution is 2.33. The molecular formula is C18H21N3O2. The number of carbonyl (C=O) groups is 1. The summed E-state index contributed by atoms with van der Waals surface area (Å²) in [5.41, 5.74) is 4.27. The Morgan fingerprint density at radius 3 is 3.00 bits per heavy atom. The fourth-order valence-electron chi connectivity index (χ4n) is 3.41. The summed E-state index contributed by atoms with van der Waals surface area (Å²) in [6.07, 6.45) is 4.15. The summed E-state index contributed by atoms with van der Waals surface area (Å²) in [4.78, 5) is 14.5. The van der Waals surface area contributed by atoms with Gasteiger partial charge in [-0.1, -0.05) is 18.6 Å². The lowest BCUT2D eigenvalue weighted by atomic mass is 9.84. The smallest absolute Gasteiger partial charge is 0.225 e. The number of carbonyl (C=O) groups excluding carboxylic acids is 1. The number of ether oxygens (including phenoxy) is 1. The van der Waals surface area contributed by atoms with E-state index in [0.29, 0.717) is 12.5 Å². The molecule has 1 N–H and O–H groups in total. The predicted molar refractivity (Wildman–Crippen MR) is 87.0 cm³/mol. The summed E-state index contributed by atoms with van der Waals surface area (Å²) in [6, 6.07) is 7.92. The van der Waals surface area contributed by atoms with E-state index in [4.69, 9.17) is 4.74 Å². The van der Waals surface area contributed by atoms with Gasteiger partial charge in [-0.15, -0.1) is 0 Å². The van der Waals surface area contributed by atoms with Gasteiger partial charge in [0.25, 0.3) is 0 Å². The van der Waals surface area contributed by atoms with Gasteiger partial charge in [-0.2, -0.15) is 5.10 Å². The summed E-state index contributed by atoms with van der Waals surface area (Å²) < 4.78 is 5.31. The number of aromatic nitrogens is 2. The zero-order valence-corrected chi connectivity index (χ0v) is 13.3. The van der Waals surface area contributed by atoms with Gasteiger partial charge < -0.3 is 9.64 Å². The number of nitrogens with zero attached hydrogens (tertiary/aromatic N) is 2. The van der Waals surface area contributed by atoms with E-state index in [0.717, 1.165) is 54.1 Å². The van der Waals surface area contributed by atoms with Gasteiger partial charge in [0.15, 0.2) is 0 Å². The summed E-state index contributed by atoms with van der Waals surface area (Å²) >= 11 is 0. The summed E-state index contributed by atoms with van der Waals surface area (Å²) in [7, 11) is 1.66. The first-order valence-electron chi connectivity index (χ1n) is 8.25. The van der Waals surface area contributed by atoms with E-state index in [2.05, 4.69) is 10.2 Å². The van der Waals surface area contributed by atoms with Crippen molar-refractivity contribution in [2.75, 3.05) is 13.7 Å². The van der Waals surface area contributed by atoms with Gasteiger partial charge in [-0.05, 0) is 25.0 Å². The average Bonchev–Trinajstić information content (AvgIpc) is 2.96. The molecule has 2 aliphatic rings. The molecule has 0 unspecified atom stereocenters. The van der Waals surface area contributed by atoms with Gasteiger partial charge in [-0.25, -0.2) is 0 Å². The first-order valence-corrected chi connectivity index (χ1v) is 8.25. The Balaban J connectivity index is 1.62. The predicted octanol–water partition coefficient (Wildman–Crippen LogP) is 2.77. The minimum Gasteiger partial charge on any atom is -0.497 e. The van der Waals surface area contributed by atoms with Crippen molar-refractivity contribution in [3.63, 3.8) is 0 Å². The zero-order valence-electron chi connectivity index (χ0n) is 13.3. The van der Waals surface area contributed by atoms with Crippen LogP contribution in [0, 0.1) is 5.92 Å². The highest BCUT2D eigenvalue weighted by Gasteiger charge is 2.32. The number of aromatic amines is 1. The maximum atomic E-state index is 12.5.